The summed E-state index contributed by atoms with van der Waals surface area (Å²) < 4.78 is 0. The molecule has 1 aliphatic heterocycles. The second-order valence-electron chi connectivity index (χ2n) is 5.68. The van der Waals surface area contributed by atoms with Crippen molar-refractivity contribution in [3.63, 3.8) is 0 Å². The maximum atomic E-state index is 12.1. The number of nitrogens with two attached hydrogens (primary N) is 1. The molecule has 4 N–H and O–H groups in total. The molecule has 2 unspecified atom stereocenters. The maximum Gasteiger partial charge on any atom is 0.227 e. The molecule has 1 aromatic carbocycles. The van der Waals surface area contributed by atoms with Gasteiger partial charge in [0.1, 0.15) is 0 Å². The summed E-state index contributed by atoms with van der Waals surface area (Å²) in [6, 6.07) is 5.78. The highest BCUT2D eigenvalue weighted by Gasteiger charge is 2.27. The van der Waals surface area contributed by atoms with Crippen molar-refractivity contribution in [1.82, 2.24) is 0 Å². The van der Waals surface area contributed by atoms with Crippen molar-refractivity contribution in [1.29, 1.82) is 0 Å². The fourth-order valence-electron chi connectivity index (χ4n) is 2.96. The first kappa shape index (κ1) is 15.8. The summed E-state index contributed by atoms with van der Waals surface area (Å²) in [6.07, 6.45) is 3.79. The molecule has 1 fully saturated rings. The zero-order valence-corrected chi connectivity index (χ0v) is 12.5. The van der Waals surface area contributed by atoms with E-state index >= 15 is 0 Å². The molecule has 3 rings (SSSR count). The smallest absolute Gasteiger partial charge is 0.227 e. The van der Waals surface area contributed by atoms with Crippen LogP contribution in [0.1, 0.15) is 31.2 Å². The Balaban J connectivity index is 0.00000161. The van der Waals surface area contributed by atoms with E-state index in [0.717, 1.165) is 42.6 Å². The van der Waals surface area contributed by atoms with E-state index in [1.165, 1.54) is 0 Å². The first-order valence-corrected chi connectivity index (χ1v) is 7.11. The number of nitrogens with one attached hydrogen (secondary N) is 2. The van der Waals surface area contributed by atoms with Crippen LogP contribution in [0.2, 0.25) is 0 Å². The predicted molar refractivity (Wildman–Crippen MR) is 84.6 cm³/mol. The van der Waals surface area contributed by atoms with E-state index in [-0.39, 0.29) is 36.2 Å². The predicted octanol–water partition coefficient (Wildman–Crippen LogP) is 2.06. The number of amides is 2. The molecule has 0 spiro atoms. The molecule has 0 saturated heterocycles. The molecular weight excluding hydrogens is 290 g/mol. The van der Waals surface area contributed by atoms with Gasteiger partial charge in [-0.3, -0.25) is 9.59 Å². The van der Waals surface area contributed by atoms with Crippen molar-refractivity contribution in [2.45, 2.75) is 38.1 Å². The molecule has 1 aromatic rings. The fraction of sp³-hybridized carbons (Fsp3) is 0.467. The Morgan fingerprint density at radius 1 is 1.29 bits per heavy atom. The summed E-state index contributed by atoms with van der Waals surface area (Å²) in [6.45, 7) is 0. The van der Waals surface area contributed by atoms with Crippen LogP contribution in [0.15, 0.2) is 18.2 Å². The van der Waals surface area contributed by atoms with Gasteiger partial charge in [0.05, 0.1) is 0 Å². The third-order valence-corrected chi connectivity index (χ3v) is 4.11. The van der Waals surface area contributed by atoms with Crippen molar-refractivity contribution in [3.05, 3.63) is 23.8 Å². The lowest BCUT2D eigenvalue weighted by atomic mass is 10.0. The normalized spacial score (nSPS) is 23.8. The number of anilines is 2. The summed E-state index contributed by atoms with van der Waals surface area (Å²) >= 11 is 0. The molecule has 2 aliphatic rings. The Morgan fingerprint density at radius 2 is 2.10 bits per heavy atom. The van der Waals surface area contributed by atoms with Gasteiger partial charge >= 0.3 is 0 Å². The Kier molecular flexibility index (Phi) is 4.85. The summed E-state index contributed by atoms with van der Waals surface area (Å²) in [5.41, 5.74) is 8.56. The zero-order valence-electron chi connectivity index (χ0n) is 11.7. The number of benzene rings is 1. The number of hydrogen-bond acceptors (Lipinski definition) is 3. The molecule has 1 saturated carbocycles. The summed E-state index contributed by atoms with van der Waals surface area (Å²) in [5, 5.41) is 5.79. The molecule has 2 amide bonds. The lowest BCUT2D eigenvalue weighted by Crippen LogP contribution is -2.23. The van der Waals surface area contributed by atoms with Gasteiger partial charge < -0.3 is 16.4 Å². The number of halogens is 1. The van der Waals surface area contributed by atoms with Gasteiger partial charge in [0.25, 0.3) is 0 Å². The van der Waals surface area contributed by atoms with Crippen LogP contribution in [-0.2, 0) is 16.0 Å². The summed E-state index contributed by atoms with van der Waals surface area (Å²) in [4.78, 5) is 23.4. The van der Waals surface area contributed by atoms with Crippen molar-refractivity contribution >= 4 is 35.6 Å². The van der Waals surface area contributed by atoms with Gasteiger partial charge in [0.2, 0.25) is 11.8 Å². The van der Waals surface area contributed by atoms with E-state index in [4.69, 9.17) is 5.73 Å². The standard InChI is InChI=1S/C15H19N3O2.ClH/c16-11-3-1-10(7-11)15(20)17-12-4-5-13-9(8-12)2-6-14(19)18-13;/h4-5,8,10-11H,1-3,6-7,16H2,(H,17,20)(H,18,19);1H. The highest BCUT2D eigenvalue weighted by atomic mass is 35.5. The number of hydrogen-bond donors (Lipinski definition) is 3. The molecule has 0 radical (unpaired) electrons. The molecule has 1 aliphatic carbocycles. The number of rotatable bonds is 2. The Morgan fingerprint density at radius 3 is 2.81 bits per heavy atom. The van der Waals surface area contributed by atoms with Crippen LogP contribution in [0.4, 0.5) is 11.4 Å². The second kappa shape index (κ2) is 6.45. The number of carbonyl (C=O) groups excluding carboxylic acids is 2. The van der Waals surface area contributed by atoms with E-state index < -0.39 is 0 Å². The highest BCUT2D eigenvalue weighted by Crippen LogP contribution is 2.28. The minimum Gasteiger partial charge on any atom is -0.328 e. The van der Waals surface area contributed by atoms with E-state index in [0.29, 0.717) is 6.42 Å². The van der Waals surface area contributed by atoms with Crippen LogP contribution in [0.3, 0.4) is 0 Å². The quantitative estimate of drug-likeness (QED) is 0.782. The van der Waals surface area contributed by atoms with Gasteiger partial charge in [0.15, 0.2) is 0 Å². The van der Waals surface area contributed by atoms with Crippen LogP contribution in [0, 0.1) is 5.92 Å². The van der Waals surface area contributed by atoms with Gasteiger partial charge in [-0.1, -0.05) is 0 Å². The van der Waals surface area contributed by atoms with Gasteiger partial charge in [-0.05, 0) is 49.4 Å². The molecule has 5 nitrogen and oxygen atoms in total. The zero-order chi connectivity index (χ0) is 14.1. The first-order valence-electron chi connectivity index (χ1n) is 7.11. The molecule has 2 atom stereocenters. The number of aryl methyl sites for hydroxylation is 1. The topological polar surface area (TPSA) is 84.2 Å². The third kappa shape index (κ3) is 3.54. The molecular formula is C15H20ClN3O2. The van der Waals surface area contributed by atoms with Crippen LogP contribution in [0.5, 0.6) is 0 Å². The van der Waals surface area contributed by atoms with Gasteiger partial charge in [0, 0.05) is 29.8 Å². The molecule has 6 heteroatoms. The average Bonchev–Trinajstić information content (AvgIpc) is 2.86. The number of fused-ring (bicyclic) bond motifs is 1. The highest BCUT2D eigenvalue weighted by molar-refractivity contribution is 5.96. The molecule has 0 aromatic heterocycles. The van der Waals surface area contributed by atoms with Crippen molar-refractivity contribution in [3.8, 4) is 0 Å². The molecule has 21 heavy (non-hydrogen) atoms. The Labute approximate surface area is 130 Å². The third-order valence-electron chi connectivity index (χ3n) is 4.11. The SMILES string of the molecule is Cl.NC1CCC(C(=O)Nc2ccc3c(c2)CCC(=O)N3)C1. The van der Waals surface area contributed by atoms with Crippen LogP contribution in [-0.4, -0.2) is 17.9 Å². The number of carbonyl (C=O) groups is 2. The minimum absolute atomic E-state index is 0. The van der Waals surface area contributed by atoms with Crippen molar-refractivity contribution in [2.75, 3.05) is 10.6 Å². The Hall–Kier alpha value is -1.59. The lowest BCUT2D eigenvalue weighted by molar-refractivity contribution is -0.119. The first-order chi connectivity index (χ1) is 9.61. The molecule has 0 bridgehead atoms. The average molecular weight is 310 g/mol. The molecule has 114 valence electrons. The molecule has 1 heterocycles. The van der Waals surface area contributed by atoms with E-state index in [9.17, 15) is 9.59 Å². The van der Waals surface area contributed by atoms with Crippen LogP contribution < -0.4 is 16.4 Å². The van der Waals surface area contributed by atoms with Gasteiger partial charge in [-0.25, -0.2) is 0 Å². The Bertz CT molecular complexity index is 562. The van der Waals surface area contributed by atoms with E-state index in [1.54, 1.807) is 0 Å². The summed E-state index contributed by atoms with van der Waals surface area (Å²) in [5.74, 6) is 0.132. The lowest BCUT2D eigenvalue weighted by Gasteiger charge is -2.18. The maximum absolute atomic E-state index is 12.1. The van der Waals surface area contributed by atoms with Crippen LogP contribution >= 0.6 is 12.4 Å². The minimum atomic E-state index is 0. The van der Waals surface area contributed by atoms with Gasteiger partial charge in [-0.2, -0.15) is 0 Å². The monoisotopic (exact) mass is 309 g/mol. The fourth-order valence-corrected chi connectivity index (χ4v) is 2.96. The van der Waals surface area contributed by atoms with Crippen molar-refractivity contribution in [2.24, 2.45) is 11.7 Å². The van der Waals surface area contributed by atoms with E-state index in [2.05, 4.69) is 10.6 Å². The van der Waals surface area contributed by atoms with Crippen LogP contribution in [0.25, 0.3) is 0 Å². The summed E-state index contributed by atoms with van der Waals surface area (Å²) in [7, 11) is 0. The van der Waals surface area contributed by atoms with Gasteiger partial charge in [-0.15, -0.1) is 12.4 Å². The van der Waals surface area contributed by atoms with Crippen molar-refractivity contribution < 1.29 is 9.59 Å². The van der Waals surface area contributed by atoms with E-state index in [1.807, 2.05) is 18.2 Å². The second-order valence-corrected chi connectivity index (χ2v) is 5.68. The largest absolute Gasteiger partial charge is 0.328 e.